The number of urea groups is 1. The monoisotopic (exact) mass is 271 g/mol. The third kappa shape index (κ3) is 4.22. The molecule has 8 nitrogen and oxygen atoms in total. The number of nitrogens with one attached hydrogen (secondary N) is 2. The van der Waals surface area contributed by atoms with Gasteiger partial charge in [-0.05, 0) is 6.07 Å². The van der Waals surface area contributed by atoms with Gasteiger partial charge in [-0.3, -0.25) is 20.2 Å². The van der Waals surface area contributed by atoms with Crippen LogP contribution in [0.15, 0.2) is 18.2 Å². The Balaban J connectivity index is 2.61. The Hall–Kier alpha value is -2.71. The highest BCUT2D eigenvalue weighted by atomic mass is 19.1. The number of nitro benzene ring substituents is 1. The van der Waals surface area contributed by atoms with Gasteiger partial charge in [-0.25, -0.2) is 9.18 Å². The average molecular weight is 271 g/mol. The van der Waals surface area contributed by atoms with E-state index in [0.717, 1.165) is 12.1 Å². The van der Waals surface area contributed by atoms with Crippen LogP contribution in [0.4, 0.5) is 14.9 Å². The summed E-state index contributed by atoms with van der Waals surface area (Å²) in [4.78, 5) is 31.5. The fraction of sp³-hybridized carbons (Fsp3) is 0.200. The highest BCUT2D eigenvalue weighted by Crippen LogP contribution is 2.22. The largest absolute Gasteiger partial charge is 0.481 e. The molecule has 1 rings (SSSR count). The fourth-order valence-corrected chi connectivity index (χ4v) is 1.09. The number of ether oxygens (including phenoxy) is 1. The summed E-state index contributed by atoms with van der Waals surface area (Å²) in [5, 5.41) is 14.4. The number of nitro groups is 1. The fourth-order valence-electron chi connectivity index (χ4n) is 1.09. The maximum absolute atomic E-state index is 13.3. The molecule has 0 radical (unpaired) electrons. The average Bonchev–Trinajstić information content (AvgIpc) is 2.36. The second-order valence-corrected chi connectivity index (χ2v) is 3.29. The van der Waals surface area contributed by atoms with Gasteiger partial charge in [0, 0.05) is 13.1 Å². The van der Waals surface area contributed by atoms with Crippen molar-refractivity contribution in [3.63, 3.8) is 0 Å². The molecule has 0 aliphatic rings. The Labute approximate surface area is 106 Å². The summed E-state index contributed by atoms with van der Waals surface area (Å²) in [6, 6.07) is 2.01. The zero-order chi connectivity index (χ0) is 14.4. The first-order valence-corrected chi connectivity index (χ1v) is 5.02. The summed E-state index contributed by atoms with van der Waals surface area (Å²) in [5.41, 5.74) is -0.431. The molecule has 19 heavy (non-hydrogen) atoms. The van der Waals surface area contributed by atoms with Crippen LogP contribution in [0.3, 0.4) is 0 Å². The first-order valence-electron chi connectivity index (χ1n) is 5.02. The predicted molar refractivity (Wildman–Crippen MR) is 61.1 cm³/mol. The molecule has 0 fully saturated rings. The lowest BCUT2D eigenvalue weighted by molar-refractivity contribution is -0.385. The van der Waals surface area contributed by atoms with Crippen molar-refractivity contribution >= 4 is 17.6 Å². The molecule has 3 amide bonds. The van der Waals surface area contributed by atoms with Crippen molar-refractivity contribution in [2.24, 2.45) is 0 Å². The second-order valence-electron chi connectivity index (χ2n) is 3.29. The van der Waals surface area contributed by atoms with Crippen LogP contribution in [0.1, 0.15) is 0 Å². The zero-order valence-corrected chi connectivity index (χ0v) is 9.81. The van der Waals surface area contributed by atoms with E-state index in [1.807, 2.05) is 5.32 Å². The Bertz CT molecular complexity index is 520. The maximum atomic E-state index is 13.3. The van der Waals surface area contributed by atoms with Gasteiger partial charge in [0.05, 0.1) is 11.0 Å². The van der Waals surface area contributed by atoms with Gasteiger partial charge in [0.2, 0.25) is 0 Å². The molecule has 0 saturated heterocycles. The summed E-state index contributed by atoms with van der Waals surface area (Å²) >= 11 is 0. The number of nitrogens with zero attached hydrogens (tertiary/aromatic N) is 1. The number of rotatable bonds is 4. The Morgan fingerprint density at radius 1 is 1.47 bits per heavy atom. The molecular weight excluding hydrogens is 261 g/mol. The molecule has 2 N–H and O–H groups in total. The third-order valence-electron chi connectivity index (χ3n) is 1.97. The van der Waals surface area contributed by atoms with Crippen LogP contribution >= 0.6 is 0 Å². The van der Waals surface area contributed by atoms with Crippen molar-refractivity contribution in [2.45, 2.75) is 0 Å². The van der Waals surface area contributed by atoms with Gasteiger partial charge in [-0.1, -0.05) is 0 Å². The Morgan fingerprint density at radius 3 is 2.68 bits per heavy atom. The van der Waals surface area contributed by atoms with E-state index in [-0.39, 0.29) is 5.75 Å². The molecule has 0 saturated carbocycles. The molecule has 0 heterocycles. The van der Waals surface area contributed by atoms with Gasteiger partial charge < -0.3 is 10.1 Å². The van der Waals surface area contributed by atoms with E-state index >= 15 is 0 Å². The molecule has 0 atom stereocenters. The van der Waals surface area contributed by atoms with Gasteiger partial charge in [-0.2, -0.15) is 0 Å². The van der Waals surface area contributed by atoms with E-state index in [9.17, 15) is 24.1 Å². The lowest BCUT2D eigenvalue weighted by atomic mass is 10.3. The van der Waals surface area contributed by atoms with Crippen LogP contribution < -0.4 is 15.4 Å². The van der Waals surface area contributed by atoms with Crippen LogP contribution in [0.25, 0.3) is 0 Å². The van der Waals surface area contributed by atoms with Gasteiger partial charge in [0.15, 0.2) is 18.2 Å². The molecule has 102 valence electrons. The summed E-state index contributed by atoms with van der Waals surface area (Å²) in [6.45, 7) is -0.595. The lowest BCUT2D eigenvalue weighted by Crippen LogP contribution is -2.40. The number of benzene rings is 1. The van der Waals surface area contributed by atoms with Crippen molar-refractivity contribution in [3.8, 4) is 5.75 Å². The van der Waals surface area contributed by atoms with Crippen LogP contribution in [-0.4, -0.2) is 30.5 Å². The number of hydrogen-bond donors (Lipinski definition) is 2. The third-order valence-corrected chi connectivity index (χ3v) is 1.97. The topological polar surface area (TPSA) is 111 Å². The lowest BCUT2D eigenvalue weighted by Gasteiger charge is -2.07. The number of non-ortho nitro benzene ring substituents is 1. The maximum Gasteiger partial charge on any atom is 0.321 e. The number of amides is 3. The van der Waals surface area contributed by atoms with Crippen LogP contribution in [0.5, 0.6) is 5.75 Å². The minimum absolute atomic E-state index is 0.322. The number of imide groups is 1. The van der Waals surface area contributed by atoms with Gasteiger partial charge in [0.1, 0.15) is 0 Å². The summed E-state index contributed by atoms with van der Waals surface area (Å²) in [7, 11) is 1.32. The Kier molecular flexibility index (Phi) is 4.75. The molecule has 1 aromatic rings. The van der Waals surface area contributed by atoms with E-state index in [4.69, 9.17) is 4.74 Å². The smallest absolute Gasteiger partial charge is 0.321 e. The molecule has 9 heteroatoms. The van der Waals surface area contributed by atoms with E-state index in [1.165, 1.54) is 7.05 Å². The molecule has 0 spiro atoms. The van der Waals surface area contributed by atoms with Crippen LogP contribution in [0, 0.1) is 15.9 Å². The second kappa shape index (κ2) is 6.28. The summed E-state index contributed by atoms with van der Waals surface area (Å²) in [6.07, 6.45) is 0. The number of carbonyl (C=O) groups is 2. The van der Waals surface area contributed by atoms with E-state index < -0.39 is 35.0 Å². The van der Waals surface area contributed by atoms with Crippen molar-refractivity contribution in [1.29, 1.82) is 0 Å². The zero-order valence-electron chi connectivity index (χ0n) is 9.81. The molecule has 0 aliphatic heterocycles. The van der Waals surface area contributed by atoms with Crippen molar-refractivity contribution < 1.29 is 23.6 Å². The van der Waals surface area contributed by atoms with Gasteiger partial charge >= 0.3 is 6.03 Å². The standard InChI is InChI=1S/C10H10FN3O5/c1-12-10(16)13-9(15)5-19-8-3-2-6(14(17)18)4-7(8)11/h2-4H,5H2,1H3,(H2,12,13,15,16). The van der Waals surface area contributed by atoms with Crippen molar-refractivity contribution in [2.75, 3.05) is 13.7 Å². The van der Waals surface area contributed by atoms with Crippen molar-refractivity contribution in [3.05, 3.63) is 34.1 Å². The SMILES string of the molecule is CNC(=O)NC(=O)COc1ccc([N+](=O)[O-])cc1F. The molecule has 0 bridgehead atoms. The van der Waals surface area contributed by atoms with Crippen LogP contribution in [-0.2, 0) is 4.79 Å². The van der Waals surface area contributed by atoms with Gasteiger partial charge in [-0.15, -0.1) is 0 Å². The number of carbonyl (C=O) groups excluding carboxylic acids is 2. The molecular formula is C10H10FN3O5. The van der Waals surface area contributed by atoms with Crippen molar-refractivity contribution in [1.82, 2.24) is 10.6 Å². The number of hydrogen-bond acceptors (Lipinski definition) is 5. The molecule has 1 aromatic carbocycles. The quantitative estimate of drug-likeness (QED) is 0.614. The normalized spacial score (nSPS) is 9.58. The van der Waals surface area contributed by atoms with E-state index in [2.05, 4.69) is 5.32 Å². The van der Waals surface area contributed by atoms with E-state index in [0.29, 0.717) is 6.07 Å². The Morgan fingerprint density at radius 2 is 2.16 bits per heavy atom. The first-order chi connectivity index (χ1) is 8.93. The molecule has 0 aliphatic carbocycles. The molecule has 0 unspecified atom stereocenters. The van der Waals surface area contributed by atoms with Gasteiger partial charge in [0.25, 0.3) is 11.6 Å². The highest BCUT2D eigenvalue weighted by Gasteiger charge is 2.13. The minimum Gasteiger partial charge on any atom is -0.481 e. The minimum atomic E-state index is -0.970. The first kappa shape index (κ1) is 14.4. The number of halogens is 1. The molecule has 0 aromatic heterocycles. The highest BCUT2D eigenvalue weighted by molar-refractivity contribution is 5.94. The van der Waals surface area contributed by atoms with E-state index in [1.54, 1.807) is 0 Å². The van der Waals surface area contributed by atoms with Crippen LogP contribution in [0.2, 0.25) is 0 Å². The summed E-state index contributed by atoms with van der Waals surface area (Å²) in [5.74, 6) is -2.07. The summed E-state index contributed by atoms with van der Waals surface area (Å²) < 4.78 is 18.1. The predicted octanol–water partition coefficient (Wildman–Crippen LogP) is 0.568.